The maximum absolute atomic E-state index is 13.2. The smallest absolute Gasteiger partial charge is 0.408 e. The molecular weight excluding hydrogens is 448 g/mol. The first-order chi connectivity index (χ1) is 16.9. The van der Waals surface area contributed by atoms with E-state index in [1.807, 2.05) is 36.4 Å². The zero-order valence-corrected chi connectivity index (χ0v) is 20.1. The predicted molar refractivity (Wildman–Crippen MR) is 130 cm³/mol. The molecule has 0 saturated heterocycles. The highest BCUT2D eigenvalue weighted by molar-refractivity contribution is 5.90. The van der Waals surface area contributed by atoms with Gasteiger partial charge < -0.3 is 25.2 Å². The van der Waals surface area contributed by atoms with E-state index in [1.54, 1.807) is 6.92 Å². The number of rotatable bonds is 9. The molecule has 0 aromatic heterocycles. The molecule has 3 N–H and O–H groups in total. The summed E-state index contributed by atoms with van der Waals surface area (Å²) in [6, 6.07) is 15.9. The van der Waals surface area contributed by atoms with E-state index in [-0.39, 0.29) is 31.6 Å². The average molecular weight is 481 g/mol. The number of benzene rings is 2. The number of carbonyl (C=O) groups excluding carboxylic acids is 2. The van der Waals surface area contributed by atoms with Crippen LogP contribution in [0.1, 0.15) is 49.7 Å². The van der Waals surface area contributed by atoms with Crippen LogP contribution in [-0.4, -0.2) is 55.0 Å². The van der Waals surface area contributed by atoms with Gasteiger partial charge in [0, 0.05) is 19.1 Å². The Morgan fingerprint density at radius 3 is 2.20 bits per heavy atom. The molecular formula is C27H32N2O6. The highest BCUT2D eigenvalue weighted by atomic mass is 16.5. The molecule has 4 rings (SSSR count). The lowest BCUT2D eigenvalue weighted by atomic mass is 9.95. The molecule has 0 bridgehead atoms. The number of methoxy groups -OCH3 is 1. The second-order valence-electron chi connectivity index (χ2n) is 9.34. The number of carboxylic acids is 1. The lowest BCUT2D eigenvalue weighted by molar-refractivity contribution is -0.141. The fraction of sp³-hybridized carbons (Fsp3) is 0.444. The first kappa shape index (κ1) is 24.7. The van der Waals surface area contributed by atoms with Crippen molar-refractivity contribution in [3.63, 3.8) is 0 Å². The van der Waals surface area contributed by atoms with Gasteiger partial charge in [-0.3, -0.25) is 9.59 Å². The number of alkyl carbamates (subject to hydrolysis) is 1. The number of ether oxygens (including phenoxy) is 2. The fourth-order valence-corrected chi connectivity index (χ4v) is 5.25. The molecule has 2 aromatic rings. The molecule has 2 aromatic carbocycles. The number of amides is 2. The second-order valence-corrected chi connectivity index (χ2v) is 9.34. The van der Waals surface area contributed by atoms with Gasteiger partial charge in [-0.05, 0) is 47.9 Å². The van der Waals surface area contributed by atoms with Crippen molar-refractivity contribution < 1.29 is 29.0 Å². The number of fused-ring (bicyclic) bond motifs is 3. The van der Waals surface area contributed by atoms with Crippen LogP contribution in [0.4, 0.5) is 4.79 Å². The second kappa shape index (κ2) is 10.5. The molecule has 2 amide bonds. The number of nitrogens with one attached hydrogen (secondary N) is 2. The fourth-order valence-electron chi connectivity index (χ4n) is 5.25. The predicted octanol–water partition coefficient (Wildman–Crippen LogP) is 3.69. The van der Waals surface area contributed by atoms with E-state index in [4.69, 9.17) is 9.47 Å². The minimum Gasteiger partial charge on any atom is -0.481 e. The summed E-state index contributed by atoms with van der Waals surface area (Å²) in [5.74, 6) is -1.80. The highest BCUT2D eigenvalue weighted by Crippen LogP contribution is 2.44. The van der Waals surface area contributed by atoms with E-state index in [9.17, 15) is 19.5 Å². The van der Waals surface area contributed by atoms with Gasteiger partial charge in [0.25, 0.3) is 0 Å². The summed E-state index contributed by atoms with van der Waals surface area (Å²) in [6.07, 6.45) is 1.06. The van der Waals surface area contributed by atoms with Crippen LogP contribution in [0.5, 0.6) is 0 Å². The SMILES string of the molecule is CCC(COC)(NC(=O)OCC1c2ccccc2-c2ccccc21)C(=O)N[C@@H]1CC[C@H](C(=O)O)C1. The third kappa shape index (κ3) is 5.03. The van der Waals surface area contributed by atoms with E-state index in [2.05, 4.69) is 22.8 Å². The number of carboxylic acid groups (broad SMARTS) is 1. The number of hydrogen-bond donors (Lipinski definition) is 3. The van der Waals surface area contributed by atoms with Crippen LogP contribution >= 0.6 is 0 Å². The molecule has 186 valence electrons. The molecule has 0 aliphatic heterocycles. The third-order valence-electron chi connectivity index (χ3n) is 7.23. The van der Waals surface area contributed by atoms with Gasteiger partial charge in [0.2, 0.25) is 5.91 Å². The quantitative estimate of drug-likeness (QED) is 0.504. The summed E-state index contributed by atoms with van der Waals surface area (Å²) in [6.45, 7) is 1.89. The molecule has 1 fully saturated rings. The van der Waals surface area contributed by atoms with Crippen molar-refractivity contribution in [2.75, 3.05) is 20.3 Å². The van der Waals surface area contributed by atoms with Gasteiger partial charge >= 0.3 is 12.1 Å². The Hall–Kier alpha value is -3.39. The van der Waals surface area contributed by atoms with Crippen LogP contribution in [0.25, 0.3) is 11.1 Å². The molecule has 8 nitrogen and oxygen atoms in total. The van der Waals surface area contributed by atoms with Crippen LogP contribution in [0.3, 0.4) is 0 Å². The molecule has 35 heavy (non-hydrogen) atoms. The van der Waals surface area contributed by atoms with E-state index in [1.165, 1.54) is 7.11 Å². The monoisotopic (exact) mass is 480 g/mol. The Balaban J connectivity index is 1.43. The molecule has 1 unspecified atom stereocenters. The van der Waals surface area contributed by atoms with Crippen molar-refractivity contribution in [2.24, 2.45) is 5.92 Å². The average Bonchev–Trinajstić information content (AvgIpc) is 3.45. The molecule has 2 aliphatic rings. The van der Waals surface area contributed by atoms with E-state index in [0.29, 0.717) is 19.3 Å². The highest BCUT2D eigenvalue weighted by Gasteiger charge is 2.42. The zero-order chi connectivity index (χ0) is 25.0. The van der Waals surface area contributed by atoms with Crippen molar-refractivity contribution in [3.05, 3.63) is 59.7 Å². The van der Waals surface area contributed by atoms with Gasteiger partial charge in [-0.25, -0.2) is 4.79 Å². The van der Waals surface area contributed by atoms with Gasteiger partial charge in [-0.1, -0.05) is 55.5 Å². The Labute approximate surface area is 205 Å². The Bertz CT molecular complexity index is 1060. The Kier molecular flexibility index (Phi) is 7.40. The molecule has 1 saturated carbocycles. The number of carbonyl (C=O) groups is 3. The topological polar surface area (TPSA) is 114 Å². The molecule has 0 spiro atoms. The summed E-state index contributed by atoms with van der Waals surface area (Å²) in [5, 5.41) is 14.9. The maximum atomic E-state index is 13.2. The summed E-state index contributed by atoms with van der Waals surface area (Å²) in [4.78, 5) is 37.4. The maximum Gasteiger partial charge on any atom is 0.408 e. The van der Waals surface area contributed by atoms with Crippen LogP contribution < -0.4 is 10.6 Å². The number of hydrogen-bond acceptors (Lipinski definition) is 5. The minimum absolute atomic E-state index is 0.0331. The van der Waals surface area contributed by atoms with Crippen molar-refractivity contribution >= 4 is 18.0 Å². The molecule has 0 radical (unpaired) electrons. The van der Waals surface area contributed by atoms with Crippen molar-refractivity contribution in [2.45, 2.75) is 50.1 Å². The van der Waals surface area contributed by atoms with Gasteiger partial charge in [-0.15, -0.1) is 0 Å². The first-order valence-corrected chi connectivity index (χ1v) is 12.0. The molecule has 0 heterocycles. The van der Waals surface area contributed by atoms with Crippen LogP contribution in [-0.2, 0) is 19.1 Å². The van der Waals surface area contributed by atoms with Crippen LogP contribution in [0, 0.1) is 5.92 Å². The van der Waals surface area contributed by atoms with Crippen LogP contribution in [0.2, 0.25) is 0 Å². The van der Waals surface area contributed by atoms with Gasteiger partial charge in [0.15, 0.2) is 0 Å². The van der Waals surface area contributed by atoms with Crippen molar-refractivity contribution in [3.8, 4) is 11.1 Å². The van der Waals surface area contributed by atoms with E-state index in [0.717, 1.165) is 22.3 Å². The van der Waals surface area contributed by atoms with Crippen molar-refractivity contribution in [1.29, 1.82) is 0 Å². The molecule has 3 atom stereocenters. The van der Waals surface area contributed by atoms with Gasteiger partial charge in [0.05, 0.1) is 12.5 Å². The van der Waals surface area contributed by atoms with E-state index >= 15 is 0 Å². The normalized spacial score (nSPS) is 20.4. The lowest BCUT2D eigenvalue weighted by Crippen LogP contribution is -2.62. The van der Waals surface area contributed by atoms with Gasteiger partial charge in [-0.2, -0.15) is 0 Å². The minimum atomic E-state index is -1.32. The zero-order valence-electron chi connectivity index (χ0n) is 20.1. The van der Waals surface area contributed by atoms with Crippen molar-refractivity contribution in [1.82, 2.24) is 10.6 Å². The summed E-state index contributed by atoms with van der Waals surface area (Å²) >= 11 is 0. The molecule has 2 aliphatic carbocycles. The Morgan fingerprint density at radius 2 is 1.66 bits per heavy atom. The Morgan fingerprint density at radius 1 is 1.03 bits per heavy atom. The summed E-state index contributed by atoms with van der Waals surface area (Å²) < 4.78 is 10.9. The van der Waals surface area contributed by atoms with Gasteiger partial charge in [0.1, 0.15) is 12.1 Å². The summed E-state index contributed by atoms with van der Waals surface area (Å²) in [7, 11) is 1.47. The summed E-state index contributed by atoms with van der Waals surface area (Å²) in [5.41, 5.74) is 3.16. The number of aliphatic carboxylic acids is 1. The third-order valence-corrected chi connectivity index (χ3v) is 7.23. The van der Waals surface area contributed by atoms with Crippen LogP contribution in [0.15, 0.2) is 48.5 Å². The first-order valence-electron chi connectivity index (χ1n) is 12.0. The lowest BCUT2D eigenvalue weighted by Gasteiger charge is -2.32. The van der Waals surface area contributed by atoms with E-state index < -0.39 is 29.4 Å². The standard InChI is InChI=1S/C27H32N2O6/c1-3-27(16-34-2,25(32)28-18-13-12-17(14-18)24(30)31)29-26(33)35-15-23-21-10-6-4-8-19(21)20-9-5-7-11-22(20)23/h4-11,17-18,23H,3,12-16H2,1-2H3,(H,28,32)(H,29,33)(H,30,31)/t17-,18+,27?/m0/s1. The largest absolute Gasteiger partial charge is 0.481 e. The molecule has 8 heteroatoms.